The van der Waals surface area contributed by atoms with Crippen molar-refractivity contribution in [2.75, 3.05) is 25.0 Å². The molecule has 0 spiro atoms. The molecule has 4 rings (SSSR count). The minimum absolute atomic E-state index is 0.00400. The van der Waals surface area contributed by atoms with Crippen LogP contribution < -0.4 is 18.9 Å². The van der Waals surface area contributed by atoms with E-state index in [9.17, 15) is 13.2 Å². The molecule has 12 nitrogen and oxygen atoms in total. The zero-order chi connectivity index (χ0) is 27.0. The predicted molar refractivity (Wildman–Crippen MR) is 136 cm³/mol. The number of benzene rings is 2. The van der Waals surface area contributed by atoms with Crippen LogP contribution in [-0.4, -0.2) is 55.1 Å². The average Bonchev–Trinajstić information content (AvgIpc) is 2.93. The summed E-state index contributed by atoms with van der Waals surface area (Å²) < 4.78 is 50.9. The first-order valence-corrected chi connectivity index (χ1v) is 12.7. The van der Waals surface area contributed by atoms with Gasteiger partial charge in [-0.2, -0.15) is 4.98 Å². The summed E-state index contributed by atoms with van der Waals surface area (Å²) in [5.41, 5.74) is 0.892. The van der Waals surface area contributed by atoms with Crippen molar-refractivity contribution in [2.45, 2.75) is 11.8 Å². The molecule has 196 valence electrons. The maximum atomic E-state index is 13.3. The van der Waals surface area contributed by atoms with Crippen LogP contribution in [0.25, 0.3) is 11.6 Å². The first kappa shape index (κ1) is 26.3. The molecule has 2 aromatic carbocycles. The lowest BCUT2D eigenvalue weighted by molar-refractivity contribution is -0.129. The lowest BCUT2D eigenvalue weighted by atomic mass is 10.2. The van der Waals surface area contributed by atoms with Crippen LogP contribution in [0.3, 0.4) is 0 Å². The van der Waals surface area contributed by atoms with Gasteiger partial charge >= 0.3 is 0 Å². The van der Waals surface area contributed by atoms with Crippen molar-refractivity contribution < 1.29 is 32.2 Å². The number of hydrogen-bond donors (Lipinski definition) is 1. The Bertz CT molecular complexity index is 1500. The Balaban J connectivity index is 1.86. The minimum Gasteiger partial charge on any atom is -0.493 e. The number of para-hydroxylation sites is 2. The maximum Gasteiger partial charge on any atom is 0.293 e. The third-order valence-electron chi connectivity index (χ3n) is 4.95. The average molecular weight is 538 g/mol. The number of carbonyl (C=O) groups excluding carboxylic acids is 1. The molecule has 0 saturated heterocycles. The molecule has 0 amide bonds. The van der Waals surface area contributed by atoms with Crippen LogP contribution in [0, 0.1) is 6.92 Å². The lowest BCUT2D eigenvalue weighted by Crippen LogP contribution is -2.17. The topological polar surface area (TPSA) is 152 Å². The van der Waals surface area contributed by atoms with E-state index in [4.69, 9.17) is 18.9 Å². The summed E-state index contributed by atoms with van der Waals surface area (Å²) in [5, 5.41) is 0. The zero-order valence-electron chi connectivity index (χ0n) is 20.4. The Kier molecular flexibility index (Phi) is 8.28. The van der Waals surface area contributed by atoms with Gasteiger partial charge in [0, 0.05) is 12.4 Å². The van der Waals surface area contributed by atoms with Crippen molar-refractivity contribution in [3.63, 3.8) is 0 Å². The summed E-state index contributed by atoms with van der Waals surface area (Å²) in [6.45, 7) is 1.91. The van der Waals surface area contributed by atoms with Gasteiger partial charge in [-0.25, -0.2) is 23.4 Å². The molecule has 0 bridgehead atoms. The fourth-order valence-corrected chi connectivity index (χ4v) is 4.16. The Hall–Kier alpha value is -4.78. The summed E-state index contributed by atoms with van der Waals surface area (Å²) >= 11 is 0. The van der Waals surface area contributed by atoms with E-state index in [2.05, 4.69) is 24.7 Å². The number of methoxy groups -OCH3 is 1. The molecule has 0 aliphatic carbocycles. The van der Waals surface area contributed by atoms with Gasteiger partial charge in [0.05, 0.1) is 12.0 Å². The lowest BCUT2D eigenvalue weighted by Gasteiger charge is -2.18. The number of nitrogens with one attached hydrogen (secondary N) is 1. The number of hydrogen-bond acceptors (Lipinski definition) is 11. The predicted octanol–water partition coefficient (Wildman–Crippen LogP) is 3.40. The third kappa shape index (κ3) is 6.31. The molecule has 4 aromatic rings. The Labute approximate surface area is 218 Å². The largest absolute Gasteiger partial charge is 0.493 e. The smallest absolute Gasteiger partial charge is 0.293 e. The molecule has 1 N–H and O–H groups in total. The van der Waals surface area contributed by atoms with Crippen LogP contribution in [0.5, 0.6) is 23.1 Å². The molecule has 0 aliphatic heterocycles. The molecule has 38 heavy (non-hydrogen) atoms. The van der Waals surface area contributed by atoms with Gasteiger partial charge in [0.2, 0.25) is 11.6 Å². The first-order chi connectivity index (χ1) is 18.4. The molecular formula is C25H23N5O7S. The SMILES string of the molecule is COc1ccccc1Oc1c(NS(=O)(=O)c2ccc(C)cc2)nc(-c2ncccn2)nc1OCCOC=O. The van der Waals surface area contributed by atoms with Gasteiger partial charge in [0.1, 0.15) is 13.2 Å². The van der Waals surface area contributed by atoms with E-state index < -0.39 is 10.0 Å². The van der Waals surface area contributed by atoms with Crippen molar-refractivity contribution in [3.05, 3.63) is 72.6 Å². The molecule has 2 heterocycles. The number of sulfonamides is 1. The van der Waals surface area contributed by atoms with Crippen LogP contribution in [-0.2, 0) is 19.6 Å². The first-order valence-electron chi connectivity index (χ1n) is 11.2. The molecule has 0 aliphatic rings. The van der Waals surface area contributed by atoms with Crippen molar-refractivity contribution in [1.82, 2.24) is 19.9 Å². The van der Waals surface area contributed by atoms with Gasteiger partial charge in [0.15, 0.2) is 23.1 Å². The molecule has 0 radical (unpaired) electrons. The second-order valence-corrected chi connectivity index (χ2v) is 9.27. The number of ether oxygens (including phenoxy) is 4. The van der Waals surface area contributed by atoms with Gasteiger partial charge in [-0.1, -0.05) is 29.8 Å². The van der Waals surface area contributed by atoms with Crippen LogP contribution in [0.2, 0.25) is 0 Å². The van der Waals surface area contributed by atoms with Gasteiger partial charge in [0.25, 0.3) is 22.4 Å². The van der Waals surface area contributed by atoms with Gasteiger partial charge in [-0.3, -0.25) is 9.52 Å². The molecule has 13 heteroatoms. The highest BCUT2D eigenvalue weighted by molar-refractivity contribution is 7.92. The molecular weight excluding hydrogens is 514 g/mol. The van der Waals surface area contributed by atoms with E-state index in [0.29, 0.717) is 5.75 Å². The molecule has 0 saturated carbocycles. The van der Waals surface area contributed by atoms with E-state index in [1.807, 2.05) is 6.92 Å². The fraction of sp³-hybridized carbons (Fsp3) is 0.160. The monoisotopic (exact) mass is 537 g/mol. The van der Waals surface area contributed by atoms with Crippen molar-refractivity contribution >= 4 is 22.3 Å². The van der Waals surface area contributed by atoms with E-state index >= 15 is 0 Å². The molecule has 0 unspecified atom stereocenters. The summed E-state index contributed by atoms with van der Waals surface area (Å²) in [5.74, 6) is 0.144. The van der Waals surface area contributed by atoms with E-state index in [1.54, 1.807) is 42.5 Å². The zero-order valence-corrected chi connectivity index (χ0v) is 21.2. The van der Waals surface area contributed by atoms with Crippen LogP contribution in [0.15, 0.2) is 71.9 Å². The summed E-state index contributed by atoms with van der Waals surface area (Å²) in [6.07, 6.45) is 2.97. The van der Waals surface area contributed by atoms with Crippen LogP contribution in [0.1, 0.15) is 5.56 Å². The van der Waals surface area contributed by atoms with E-state index in [1.165, 1.54) is 31.6 Å². The van der Waals surface area contributed by atoms with Crippen molar-refractivity contribution in [2.24, 2.45) is 0 Å². The van der Waals surface area contributed by atoms with Crippen LogP contribution in [0.4, 0.5) is 5.82 Å². The van der Waals surface area contributed by atoms with E-state index in [-0.39, 0.29) is 59.4 Å². The minimum atomic E-state index is -4.12. The number of carbonyl (C=O) groups is 1. The molecule has 2 aromatic heterocycles. The Morgan fingerprint density at radius 2 is 1.61 bits per heavy atom. The number of nitrogens with zero attached hydrogens (tertiary/aromatic N) is 4. The van der Waals surface area contributed by atoms with Gasteiger partial charge < -0.3 is 18.9 Å². The quantitative estimate of drug-likeness (QED) is 0.209. The molecule has 0 fully saturated rings. The van der Waals surface area contributed by atoms with Crippen LogP contribution >= 0.6 is 0 Å². The van der Waals surface area contributed by atoms with Gasteiger partial charge in [-0.15, -0.1) is 0 Å². The summed E-state index contributed by atoms with van der Waals surface area (Å²) in [6, 6.07) is 14.6. The van der Waals surface area contributed by atoms with Crippen molar-refractivity contribution in [1.29, 1.82) is 0 Å². The fourth-order valence-electron chi connectivity index (χ4n) is 3.15. The number of rotatable bonds is 12. The molecule has 0 atom stereocenters. The highest BCUT2D eigenvalue weighted by Gasteiger charge is 2.26. The Morgan fingerprint density at radius 1 is 0.895 bits per heavy atom. The normalized spacial score (nSPS) is 10.9. The van der Waals surface area contributed by atoms with E-state index in [0.717, 1.165) is 5.56 Å². The maximum absolute atomic E-state index is 13.3. The second-order valence-electron chi connectivity index (χ2n) is 7.59. The highest BCUT2D eigenvalue weighted by atomic mass is 32.2. The summed E-state index contributed by atoms with van der Waals surface area (Å²) in [7, 11) is -2.66. The number of aryl methyl sites for hydroxylation is 1. The van der Waals surface area contributed by atoms with Crippen molar-refractivity contribution in [3.8, 4) is 34.8 Å². The third-order valence-corrected chi connectivity index (χ3v) is 6.31. The Morgan fingerprint density at radius 3 is 2.29 bits per heavy atom. The standard InChI is InChI=1S/C25H23N5O7S/c1-17-8-10-18(11-9-17)38(32,33)30-22-21(37-20-7-4-3-6-19(20)34-2)25(36-15-14-35-16-31)29-24(28-22)23-26-12-5-13-27-23/h3-13,16H,14-15H2,1-2H3,(H,28,29,30). The number of anilines is 1. The van der Waals surface area contributed by atoms with Gasteiger partial charge in [-0.05, 0) is 37.3 Å². The summed E-state index contributed by atoms with van der Waals surface area (Å²) in [4.78, 5) is 27.6. The second kappa shape index (κ2) is 12.0. The highest BCUT2D eigenvalue weighted by Crippen LogP contribution is 2.41. The number of aromatic nitrogens is 4.